The van der Waals surface area contributed by atoms with Crippen LogP contribution in [0.1, 0.15) is 28.6 Å². The predicted octanol–water partition coefficient (Wildman–Crippen LogP) is 4.14. The monoisotopic (exact) mass is 518 g/mol. The van der Waals surface area contributed by atoms with Gasteiger partial charge in [0, 0.05) is 12.7 Å². The number of carbonyl (C=O) groups is 1. The second-order valence-electron chi connectivity index (χ2n) is 8.22. The fraction of sp³-hybridized carbons (Fsp3) is 0.154. The number of aryl methyl sites for hydroxylation is 1. The van der Waals surface area contributed by atoms with Gasteiger partial charge in [0.05, 0.1) is 29.4 Å². The minimum Gasteiger partial charge on any atom is -0.467 e. The van der Waals surface area contributed by atoms with E-state index >= 15 is 0 Å². The number of anilines is 1. The lowest BCUT2D eigenvalue weighted by atomic mass is 10.1. The lowest BCUT2D eigenvalue weighted by Gasteiger charge is -2.15. The van der Waals surface area contributed by atoms with Crippen LogP contribution in [0.25, 0.3) is 11.7 Å². The van der Waals surface area contributed by atoms with E-state index in [1.54, 1.807) is 24.4 Å². The molecule has 1 amide bonds. The zero-order valence-corrected chi connectivity index (χ0v) is 20.9. The molecule has 5 rings (SSSR count). The topological polar surface area (TPSA) is 100 Å². The molecule has 1 atom stereocenters. The molecule has 0 aliphatic carbocycles. The highest BCUT2D eigenvalue weighted by Crippen LogP contribution is 2.34. The standard InChI is InChI=1S/C26H22N4O4S2/c1-16-7-5-11-29-23(16)28-22(27-14-20(31)17-8-3-2-4-9-17)19(24(29)32)13-21-25(33)30(26(35)36-21)15-18-10-6-12-34-18/h2-13,20,27,31H,14-15H2,1H3/b21-13+/t20-/m1/s1. The summed E-state index contributed by atoms with van der Waals surface area (Å²) in [7, 11) is 0. The maximum absolute atomic E-state index is 13.5. The molecule has 4 aromatic rings. The number of hydrogen-bond acceptors (Lipinski definition) is 8. The second-order valence-corrected chi connectivity index (χ2v) is 9.89. The second kappa shape index (κ2) is 10.1. The summed E-state index contributed by atoms with van der Waals surface area (Å²) in [6.07, 6.45) is 3.87. The van der Waals surface area contributed by atoms with Gasteiger partial charge in [-0.3, -0.25) is 18.9 Å². The van der Waals surface area contributed by atoms with Crippen molar-refractivity contribution >= 4 is 51.7 Å². The quantitative estimate of drug-likeness (QED) is 0.278. The highest BCUT2D eigenvalue weighted by molar-refractivity contribution is 8.26. The normalized spacial score (nSPS) is 15.7. The molecule has 0 unspecified atom stereocenters. The molecule has 1 fully saturated rings. The van der Waals surface area contributed by atoms with E-state index in [1.807, 2.05) is 43.3 Å². The third-order valence-corrected chi connectivity index (χ3v) is 7.15. The Morgan fingerprint density at radius 2 is 1.97 bits per heavy atom. The molecule has 10 heteroatoms. The number of thiocarbonyl (C=S) groups is 1. The Bertz CT molecular complexity index is 1530. The molecule has 0 spiro atoms. The van der Waals surface area contributed by atoms with Crippen LogP contribution in [0.2, 0.25) is 0 Å². The molecule has 3 aromatic heterocycles. The summed E-state index contributed by atoms with van der Waals surface area (Å²) < 4.78 is 7.18. The van der Waals surface area contributed by atoms with Crippen molar-refractivity contribution in [1.82, 2.24) is 14.3 Å². The molecule has 0 bridgehead atoms. The van der Waals surface area contributed by atoms with Gasteiger partial charge in [-0.25, -0.2) is 4.98 Å². The largest absolute Gasteiger partial charge is 0.467 e. The van der Waals surface area contributed by atoms with Crippen LogP contribution in [-0.4, -0.2) is 36.2 Å². The van der Waals surface area contributed by atoms with E-state index in [0.29, 0.717) is 20.6 Å². The number of aromatic nitrogens is 2. The summed E-state index contributed by atoms with van der Waals surface area (Å²) in [5.41, 5.74) is 1.91. The van der Waals surface area contributed by atoms with E-state index in [9.17, 15) is 14.7 Å². The summed E-state index contributed by atoms with van der Waals surface area (Å²) in [5, 5.41) is 13.8. The van der Waals surface area contributed by atoms with E-state index < -0.39 is 6.10 Å². The van der Waals surface area contributed by atoms with Crippen molar-refractivity contribution in [2.24, 2.45) is 0 Å². The van der Waals surface area contributed by atoms with Gasteiger partial charge in [0.2, 0.25) is 0 Å². The molecule has 0 saturated carbocycles. The number of fused-ring (bicyclic) bond motifs is 1. The Balaban J connectivity index is 1.52. The van der Waals surface area contributed by atoms with Gasteiger partial charge in [0.15, 0.2) is 0 Å². The van der Waals surface area contributed by atoms with Crippen LogP contribution in [-0.2, 0) is 11.3 Å². The van der Waals surface area contributed by atoms with Crippen LogP contribution in [0, 0.1) is 6.92 Å². The number of aliphatic hydroxyl groups is 1. The van der Waals surface area contributed by atoms with E-state index in [0.717, 1.165) is 22.9 Å². The van der Waals surface area contributed by atoms with E-state index in [1.165, 1.54) is 21.6 Å². The van der Waals surface area contributed by atoms with Crippen molar-refractivity contribution in [3.63, 3.8) is 0 Å². The fourth-order valence-electron chi connectivity index (χ4n) is 3.89. The van der Waals surface area contributed by atoms with Crippen LogP contribution < -0.4 is 10.9 Å². The number of amides is 1. The number of aliphatic hydroxyl groups excluding tert-OH is 1. The number of carbonyl (C=O) groups excluding carboxylic acids is 1. The van der Waals surface area contributed by atoms with Crippen LogP contribution >= 0.6 is 24.0 Å². The molecule has 4 heterocycles. The first-order valence-corrected chi connectivity index (χ1v) is 12.4. The van der Waals surface area contributed by atoms with E-state index in [2.05, 4.69) is 10.3 Å². The van der Waals surface area contributed by atoms with Crippen molar-refractivity contribution in [3.05, 3.63) is 105 Å². The molecule has 2 N–H and O–H groups in total. The van der Waals surface area contributed by atoms with Gasteiger partial charge in [-0.05, 0) is 42.3 Å². The number of pyridine rings is 1. The molecule has 1 saturated heterocycles. The molecule has 1 aliphatic heterocycles. The lowest BCUT2D eigenvalue weighted by molar-refractivity contribution is -0.122. The van der Waals surface area contributed by atoms with Gasteiger partial charge in [-0.15, -0.1) is 0 Å². The van der Waals surface area contributed by atoms with Gasteiger partial charge in [0.25, 0.3) is 11.5 Å². The molecule has 1 aromatic carbocycles. The highest BCUT2D eigenvalue weighted by atomic mass is 32.2. The Hall–Kier alpha value is -3.73. The van der Waals surface area contributed by atoms with Crippen molar-refractivity contribution in [2.75, 3.05) is 11.9 Å². The average molecular weight is 519 g/mol. The zero-order valence-electron chi connectivity index (χ0n) is 19.2. The molecule has 182 valence electrons. The van der Waals surface area contributed by atoms with Crippen molar-refractivity contribution in [1.29, 1.82) is 0 Å². The molecular formula is C26H22N4O4S2. The summed E-state index contributed by atoms with van der Waals surface area (Å²) in [4.78, 5) is 33.1. The maximum Gasteiger partial charge on any atom is 0.267 e. The van der Waals surface area contributed by atoms with Crippen LogP contribution in [0.3, 0.4) is 0 Å². The Morgan fingerprint density at radius 1 is 1.17 bits per heavy atom. The molecule has 36 heavy (non-hydrogen) atoms. The number of benzene rings is 1. The van der Waals surface area contributed by atoms with Crippen LogP contribution in [0.5, 0.6) is 0 Å². The van der Waals surface area contributed by atoms with Crippen molar-refractivity contribution < 1.29 is 14.3 Å². The Morgan fingerprint density at radius 3 is 2.72 bits per heavy atom. The Kier molecular flexibility index (Phi) is 6.73. The number of thioether (sulfide) groups is 1. The smallest absolute Gasteiger partial charge is 0.267 e. The third-order valence-electron chi connectivity index (χ3n) is 5.77. The summed E-state index contributed by atoms with van der Waals surface area (Å²) >= 11 is 6.54. The lowest BCUT2D eigenvalue weighted by Crippen LogP contribution is -2.27. The van der Waals surface area contributed by atoms with Gasteiger partial charge in [0.1, 0.15) is 21.5 Å². The first kappa shape index (κ1) is 24.0. The minimum absolute atomic E-state index is 0.124. The van der Waals surface area contributed by atoms with E-state index in [4.69, 9.17) is 16.6 Å². The number of nitrogens with one attached hydrogen (secondary N) is 1. The summed E-state index contributed by atoms with van der Waals surface area (Å²) in [6, 6.07) is 16.4. The first-order chi connectivity index (χ1) is 17.4. The summed E-state index contributed by atoms with van der Waals surface area (Å²) in [6.45, 7) is 2.19. The fourth-order valence-corrected chi connectivity index (χ4v) is 5.13. The summed E-state index contributed by atoms with van der Waals surface area (Å²) in [5.74, 6) is 0.568. The SMILES string of the molecule is Cc1cccn2c(=O)c(/C=C3/SC(=S)N(Cc4ccco4)C3=O)c(NC[C@@H](O)c3ccccc3)nc12. The van der Waals surface area contributed by atoms with Crippen LogP contribution in [0.4, 0.5) is 5.82 Å². The molecule has 1 aliphatic rings. The maximum atomic E-state index is 13.5. The third kappa shape index (κ3) is 4.70. The van der Waals surface area contributed by atoms with Gasteiger partial charge < -0.3 is 14.8 Å². The average Bonchev–Trinajstić information content (AvgIpc) is 3.49. The zero-order chi connectivity index (χ0) is 25.2. The van der Waals surface area contributed by atoms with Crippen molar-refractivity contribution in [3.8, 4) is 0 Å². The number of hydrogen-bond donors (Lipinski definition) is 2. The molecule has 8 nitrogen and oxygen atoms in total. The number of nitrogens with zero attached hydrogens (tertiary/aromatic N) is 3. The number of furan rings is 1. The molecule has 0 radical (unpaired) electrons. The minimum atomic E-state index is -0.817. The first-order valence-electron chi connectivity index (χ1n) is 11.2. The van der Waals surface area contributed by atoms with Gasteiger partial charge in [-0.1, -0.05) is 60.4 Å². The van der Waals surface area contributed by atoms with Gasteiger partial charge >= 0.3 is 0 Å². The van der Waals surface area contributed by atoms with Gasteiger partial charge in [-0.2, -0.15) is 0 Å². The number of rotatable bonds is 7. The molecular weight excluding hydrogens is 496 g/mol. The Labute approximate surface area is 216 Å². The van der Waals surface area contributed by atoms with Crippen molar-refractivity contribution in [2.45, 2.75) is 19.6 Å². The highest BCUT2D eigenvalue weighted by Gasteiger charge is 2.33. The predicted molar refractivity (Wildman–Crippen MR) is 144 cm³/mol. The van der Waals surface area contributed by atoms with Crippen LogP contribution in [0.15, 0.2) is 81.2 Å². The van der Waals surface area contributed by atoms with E-state index in [-0.39, 0.29) is 35.9 Å².